The number of aryl methyl sites for hydroxylation is 2. The van der Waals surface area contributed by atoms with Gasteiger partial charge in [-0.25, -0.2) is 9.79 Å². The van der Waals surface area contributed by atoms with Gasteiger partial charge in [0.25, 0.3) is 5.91 Å². The first-order valence-corrected chi connectivity index (χ1v) is 10.9. The third-order valence-corrected chi connectivity index (χ3v) is 6.46. The second-order valence-corrected chi connectivity index (χ2v) is 8.71. The molecule has 0 bridgehead atoms. The molecular formula is C25H27N5O2. The first kappa shape index (κ1) is 20.3. The lowest BCUT2D eigenvalue weighted by molar-refractivity contribution is -0.136. The number of carbonyl (C=O) groups is 2. The van der Waals surface area contributed by atoms with Crippen molar-refractivity contribution in [3.8, 4) is 0 Å². The van der Waals surface area contributed by atoms with Crippen LogP contribution in [0.1, 0.15) is 23.6 Å². The van der Waals surface area contributed by atoms with Gasteiger partial charge in [-0.2, -0.15) is 0 Å². The highest BCUT2D eigenvalue weighted by Gasteiger charge is 2.54. The van der Waals surface area contributed by atoms with Gasteiger partial charge in [0.05, 0.1) is 5.69 Å². The Morgan fingerprint density at radius 3 is 2.50 bits per heavy atom. The molecule has 3 heterocycles. The fourth-order valence-electron chi connectivity index (χ4n) is 4.70. The summed E-state index contributed by atoms with van der Waals surface area (Å²) in [5, 5.41) is 0. The summed E-state index contributed by atoms with van der Waals surface area (Å²) >= 11 is 0. The van der Waals surface area contributed by atoms with Crippen LogP contribution in [0.25, 0.3) is 0 Å². The summed E-state index contributed by atoms with van der Waals surface area (Å²) in [7, 11) is 1.73. The molecule has 1 fully saturated rings. The molecule has 3 amide bonds. The molecule has 2 aromatic rings. The van der Waals surface area contributed by atoms with Crippen LogP contribution in [0.2, 0.25) is 0 Å². The molecular weight excluding hydrogens is 402 g/mol. The number of imide groups is 1. The number of benzene rings is 2. The van der Waals surface area contributed by atoms with Gasteiger partial charge in [0.2, 0.25) is 5.96 Å². The summed E-state index contributed by atoms with van der Waals surface area (Å²) in [6, 6.07) is 15.4. The fraction of sp³-hybridized carbons (Fsp3) is 0.320. The molecule has 0 N–H and O–H groups in total. The molecule has 5 rings (SSSR count). The number of fused-ring (bicyclic) bond motifs is 3. The Balaban J connectivity index is 1.45. The first-order valence-electron chi connectivity index (χ1n) is 10.9. The van der Waals surface area contributed by atoms with Crippen LogP contribution in [0.5, 0.6) is 0 Å². The van der Waals surface area contributed by atoms with Crippen LogP contribution in [0.3, 0.4) is 0 Å². The zero-order chi connectivity index (χ0) is 22.6. The monoisotopic (exact) mass is 429 g/mol. The highest BCUT2D eigenvalue weighted by Crippen LogP contribution is 2.37. The van der Waals surface area contributed by atoms with E-state index in [1.807, 2.05) is 48.4 Å². The van der Waals surface area contributed by atoms with Gasteiger partial charge in [0, 0.05) is 25.5 Å². The lowest BCUT2D eigenvalue weighted by atomic mass is 10.1. The molecule has 0 spiro atoms. The predicted octanol–water partition coefficient (Wildman–Crippen LogP) is 3.49. The Morgan fingerprint density at radius 1 is 1.00 bits per heavy atom. The van der Waals surface area contributed by atoms with Gasteiger partial charge in [-0.05, 0) is 49.9 Å². The van der Waals surface area contributed by atoms with E-state index in [0.717, 1.165) is 28.1 Å². The Morgan fingerprint density at radius 2 is 1.75 bits per heavy atom. The highest BCUT2D eigenvalue weighted by molar-refractivity contribution is 6.10. The molecule has 7 heteroatoms. The Labute approximate surface area is 188 Å². The van der Waals surface area contributed by atoms with Gasteiger partial charge in [0.15, 0.2) is 12.2 Å². The Bertz CT molecular complexity index is 1160. The lowest BCUT2D eigenvalue weighted by Crippen LogP contribution is -2.64. The second kappa shape index (κ2) is 7.51. The highest BCUT2D eigenvalue weighted by atomic mass is 16.2. The van der Waals surface area contributed by atoms with Gasteiger partial charge in [-0.15, -0.1) is 0 Å². The number of rotatable bonds is 4. The predicted molar refractivity (Wildman–Crippen MR) is 124 cm³/mol. The van der Waals surface area contributed by atoms with Crippen molar-refractivity contribution in [3.63, 3.8) is 0 Å². The van der Waals surface area contributed by atoms with E-state index in [-0.39, 0.29) is 11.9 Å². The van der Waals surface area contributed by atoms with Crippen molar-refractivity contribution in [1.29, 1.82) is 0 Å². The maximum Gasteiger partial charge on any atom is 0.328 e. The van der Waals surface area contributed by atoms with E-state index in [9.17, 15) is 9.59 Å². The topological polar surface area (TPSA) is 59.5 Å². The maximum absolute atomic E-state index is 13.5. The summed E-state index contributed by atoms with van der Waals surface area (Å²) in [5.41, 5.74) is 5.42. The SMILES string of the molecule is CC1=CN2C(=NC3C2C(=O)N(CCc2ccccc2)C(=O)N3C)N1c1cc(C)ccc1C. The van der Waals surface area contributed by atoms with E-state index >= 15 is 0 Å². The molecule has 2 aromatic carbocycles. The molecule has 7 nitrogen and oxygen atoms in total. The number of anilines is 1. The molecule has 3 aliphatic heterocycles. The van der Waals surface area contributed by atoms with E-state index < -0.39 is 12.2 Å². The summed E-state index contributed by atoms with van der Waals surface area (Å²) < 4.78 is 0. The molecule has 0 radical (unpaired) electrons. The van der Waals surface area contributed by atoms with Crippen molar-refractivity contribution >= 4 is 23.6 Å². The number of guanidine groups is 1. The minimum absolute atomic E-state index is 0.195. The Hall–Kier alpha value is -3.61. The van der Waals surface area contributed by atoms with E-state index in [1.165, 1.54) is 4.90 Å². The van der Waals surface area contributed by atoms with Crippen molar-refractivity contribution in [3.05, 3.63) is 77.1 Å². The molecule has 164 valence electrons. The van der Waals surface area contributed by atoms with Gasteiger partial charge in [0.1, 0.15) is 0 Å². The average molecular weight is 430 g/mol. The zero-order valence-electron chi connectivity index (χ0n) is 18.8. The smallest absolute Gasteiger partial charge is 0.302 e. The van der Waals surface area contributed by atoms with Crippen LogP contribution in [-0.4, -0.2) is 58.4 Å². The van der Waals surface area contributed by atoms with Crippen molar-refractivity contribution in [2.45, 2.75) is 39.4 Å². The van der Waals surface area contributed by atoms with Crippen molar-refractivity contribution in [2.75, 3.05) is 18.5 Å². The number of likely N-dealkylation sites (N-methyl/N-ethyl adjacent to an activating group) is 1. The summed E-state index contributed by atoms with van der Waals surface area (Å²) in [5.74, 6) is 0.503. The van der Waals surface area contributed by atoms with Crippen LogP contribution >= 0.6 is 0 Å². The molecule has 2 unspecified atom stereocenters. The fourth-order valence-corrected chi connectivity index (χ4v) is 4.70. The lowest BCUT2D eigenvalue weighted by Gasteiger charge is -2.40. The molecule has 2 atom stereocenters. The molecule has 0 saturated carbocycles. The number of hydrogen-bond donors (Lipinski definition) is 0. The van der Waals surface area contributed by atoms with Crippen LogP contribution in [0, 0.1) is 13.8 Å². The van der Waals surface area contributed by atoms with Gasteiger partial charge >= 0.3 is 6.03 Å². The first-order chi connectivity index (χ1) is 15.4. The number of amides is 3. The minimum Gasteiger partial charge on any atom is -0.302 e. The van der Waals surface area contributed by atoms with Crippen LogP contribution in [0.4, 0.5) is 10.5 Å². The number of allylic oxidation sites excluding steroid dienone is 1. The normalized spacial score (nSPS) is 22.2. The van der Waals surface area contributed by atoms with Gasteiger partial charge in [-0.1, -0.05) is 42.5 Å². The quantitative estimate of drug-likeness (QED) is 0.747. The molecule has 0 aromatic heterocycles. The summed E-state index contributed by atoms with van der Waals surface area (Å²) in [6.07, 6.45) is 2.07. The largest absolute Gasteiger partial charge is 0.328 e. The summed E-state index contributed by atoms with van der Waals surface area (Å²) in [6.45, 7) is 6.50. The van der Waals surface area contributed by atoms with E-state index in [4.69, 9.17) is 4.99 Å². The molecule has 0 aliphatic carbocycles. The van der Waals surface area contributed by atoms with Crippen LogP contribution < -0.4 is 4.90 Å². The number of aliphatic imine (C=N–C) groups is 1. The standard InChI is InChI=1S/C25H27N5O2/c1-16-10-11-17(2)20(14-16)30-18(3)15-29-21-22(26-24(29)30)27(4)25(32)28(23(21)31)13-12-19-8-6-5-7-9-19/h5-11,14-15,21-22H,12-13H2,1-4H3. The zero-order valence-corrected chi connectivity index (χ0v) is 18.8. The maximum atomic E-state index is 13.5. The average Bonchev–Trinajstić information content (AvgIpc) is 3.29. The Kier molecular flexibility index (Phi) is 4.77. The molecule has 1 saturated heterocycles. The van der Waals surface area contributed by atoms with E-state index in [2.05, 4.69) is 36.9 Å². The third-order valence-electron chi connectivity index (χ3n) is 6.46. The van der Waals surface area contributed by atoms with Gasteiger partial charge in [-0.3, -0.25) is 14.6 Å². The number of carbonyl (C=O) groups excluding carboxylic acids is 2. The number of nitrogens with zero attached hydrogens (tertiary/aromatic N) is 5. The van der Waals surface area contributed by atoms with Crippen molar-refractivity contribution < 1.29 is 9.59 Å². The van der Waals surface area contributed by atoms with E-state index in [1.54, 1.807) is 11.9 Å². The van der Waals surface area contributed by atoms with Crippen LogP contribution in [0.15, 0.2) is 65.4 Å². The van der Waals surface area contributed by atoms with Gasteiger partial charge < -0.3 is 9.80 Å². The summed E-state index contributed by atoms with van der Waals surface area (Å²) in [4.78, 5) is 38.4. The molecule has 3 aliphatic rings. The third kappa shape index (κ3) is 3.07. The van der Waals surface area contributed by atoms with Crippen molar-refractivity contribution in [1.82, 2.24) is 14.7 Å². The van der Waals surface area contributed by atoms with E-state index in [0.29, 0.717) is 18.9 Å². The molecule has 32 heavy (non-hydrogen) atoms. The number of hydrogen-bond acceptors (Lipinski definition) is 5. The van der Waals surface area contributed by atoms with Crippen molar-refractivity contribution in [2.24, 2.45) is 4.99 Å². The van der Waals surface area contributed by atoms with Crippen LogP contribution in [-0.2, 0) is 11.2 Å². The second-order valence-electron chi connectivity index (χ2n) is 8.71. The minimum atomic E-state index is -0.548. The number of urea groups is 1.